The lowest BCUT2D eigenvalue weighted by Crippen LogP contribution is -2.00. The predicted molar refractivity (Wildman–Crippen MR) is 85.6 cm³/mol. The van der Waals surface area contributed by atoms with E-state index in [1.165, 1.54) is 12.1 Å². The van der Waals surface area contributed by atoms with Crippen LogP contribution in [0.4, 0.5) is 4.39 Å². The van der Waals surface area contributed by atoms with Gasteiger partial charge in [-0.25, -0.2) is 4.39 Å². The Morgan fingerprint density at radius 1 is 1.15 bits per heavy atom. The Morgan fingerprint density at radius 3 is 2.45 bits per heavy atom. The van der Waals surface area contributed by atoms with E-state index in [-0.39, 0.29) is 5.82 Å². The highest BCUT2D eigenvalue weighted by Gasteiger charge is 2.12. The van der Waals surface area contributed by atoms with Crippen LogP contribution in [0.1, 0.15) is 11.1 Å². The second kappa shape index (κ2) is 4.82. The van der Waals surface area contributed by atoms with Gasteiger partial charge in [0.2, 0.25) is 0 Å². The number of nitrogens with one attached hydrogen (secondary N) is 1. The number of hydrogen-bond donors (Lipinski definition) is 1. The van der Waals surface area contributed by atoms with Gasteiger partial charge in [0.05, 0.1) is 16.7 Å². The number of aryl methyl sites for hydroxylation is 2. The maximum absolute atomic E-state index is 13.5. The number of nitrogens with zero attached hydrogens (tertiary/aromatic N) is 1. The molecule has 0 atom stereocenters. The highest BCUT2D eigenvalue weighted by atomic mass is 79.9. The molecule has 1 N–H and O–H groups in total. The summed E-state index contributed by atoms with van der Waals surface area (Å²) in [5, 5.41) is 0. The third-order valence-electron chi connectivity index (χ3n) is 3.32. The number of aromatic nitrogens is 2. The quantitative estimate of drug-likeness (QED) is 0.597. The van der Waals surface area contributed by atoms with Gasteiger partial charge in [0.25, 0.3) is 0 Å². The second-order valence-corrected chi connectivity index (χ2v) is 6.12. The largest absolute Gasteiger partial charge is 0.330 e. The van der Waals surface area contributed by atoms with Crippen LogP contribution in [-0.2, 0) is 0 Å². The summed E-state index contributed by atoms with van der Waals surface area (Å²) in [7, 11) is 0. The summed E-state index contributed by atoms with van der Waals surface area (Å²) in [6.07, 6.45) is 0. The van der Waals surface area contributed by atoms with Crippen molar-refractivity contribution < 1.29 is 4.39 Å². The molecule has 2 aromatic carbocycles. The summed E-state index contributed by atoms with van der Waals surface area (Å²) in [6.45, 7) is 4.04. The lowest BCUT2D eigenvalue weighted by Gasteiger charge is -2.13. The van der Waals surface area contributed by atoms with Crippen molar-refractivity contribution in [3.63, 3.8) is 0 Å². The zero-order chi connectivity index (χ0) is 14.4. The number of aromatic amines is 1. The van der Waals surface area contributed by atoms with Crippen molar-refractivity contribution in [3.8, 4) is 5.69 Å². The van der Waals surface area contributed by atoms with E-state index >= 15 is 0 Å². The average molecular weight is 351 g/mol. The minimum absolute atomic E-state index is 0.271. The molecule has 0 spiro atoms. The number of halogens is 2. The van der Waals surface area contributed by atoms with Crippen LogP contribution in [0.2, 0.25) is 0 Å². The molecule has 0 unspecified atom stereocenters. The molecule has 0 amide bonds. The molecule has 0 aliphatic rings. The maximum atomic E-state index is 13.5. The number of benzene rings is 2. The molecule has 3 aromatic rings. The summed E-state index contributed by atoms with van der Waals surface area (Å²) in [4.78, 5) is 3.12. The SMILES string of the molecule is Cc1cc(Br)cc(C)c1-n1c(=S)[nH]c2ccc(F)cc21. The molecule has 3 rings (SSSR count). The summed E-state index contributed by atoms with van der Waals surface area (Å²) in [5.74, 6) is -0.271. The first-order chi connectivity index (χ1) is 9.47. The van der Waals surface area contributed by atoms with Crippen molar-refractivity contribution >= 4 is 39.2 Å². The molecule has 0 aliphatic carbocycles. The van der Waals surface area contributed by atoms with Gasteiger partial charge in [-0.15, -0.1) is 0 Å². The molecule has 1 aromatic heterocycles. The van der Waals surface area contributed by atoms with Crippen molar-refractivity contribution in [2.75, 3.05) is 0 Å². The van der Waals surface area contributed by atoms with E-state index < -0.39 is 0 Å². The first-order valence-electron chi connectivity index (χ1n) is 6.15. The number of hydrogen-bond acceptors (Lipinski definition) is 1. The zero-order valence-electron chi connectivity index (χ0n) is 11.0. The molecular weight excluding hydrogens is 339 g/mol. The summed E-state index contributed by atoms with van der Waals surface area (Å²) in [5.41, 5.74) is 4.74. The van der Waals surface area contributed by atoms with Crippen LogP contribution >= 0.6 is 28.1 Å². The summed E-state index contributed by atoms with van der Waals surface area (Å²) < 4.78 is 17.0. The molecule has 102 valence electrons. The van der Waals surface area contributed by atoms with Crippen LogP contribution in [0.15, 0.2) is 34.8 Å². The monoisotopic (exact) mass is 350 g/mol. The highest BCUT2D eigenvalue weighted by molar-refractivity contribution is 9.10. The van der Waals surface area contributed by atoms with E-state index in [1.807, 2.05) is 30.5 Å². The van der Waals surface area contributed by atoms with Crippen molar-refractivity contribution in [2.24, 2.45) is 0 Å². The highest BCUT2D eigenvalue weighted by Crippen LogP contribution is 2.28. The predicted octanol–water partition coefficient (Wildman–Crippen LogP) is 5.21. The van der Waals surface area contributed by atoms with E-state index in [4.69, 9.17) is 12.2 Å². The minimum atomic E-state index is -0.271. The number of H-pyrrole nitrogens is 1. The molecule has 2 nitrogen and oxygen atoms in total. The fourth-order valence-electron chi connectivity index (χ4n) is 2.55. The first-order valence-corrected chi connectivity index (χ1v) is 7.35. The average Bonchev–Trinajstić information content (AvgIpc) is 2.65. The number of fused-ring (bicyclic) bond motifs is 1. The third-order valence-corrected chi connectivity index (χ3v) is 4.07. The van der Waals surface area contributed by atoms with Crippen LogP contribution < -0.4 is 0 Å². The van der Waals surface area contributed by atoms with Crippen molar-refractivity contribution in [2.45, 2.75) is 13.8 Å². The topological polar surface area (TPSA) is 20.7 Å². The Morgan fingerprint density at radius 2 is 1.80 bits per heavy atom. The van der Waals surface area contributed by atoms with Crippen LogP contribution in [0.3, 0.4) is 0 Å². The minimum Gasteiger partial charge on any atom is -0.330 e. The van der Waals surface area contributed by atoms with E-state index in [2.05, 4.69) is 20.9 Å². The van der Waals surface area contributed by atoms with Crippen LogP contribution in [-0.4, -0.2) is 9.55 Å². The molecule has 0 aliphatic heterocycles. The molecule has 0 radical (unpaired) electrons. The van der Waals surface area contributed by atoms with Crippen LogP contribution in [0.25, 0.3) is 16.7 Å². The Kier molecular flexibility index (Phi) is 3.26. The van der Waals surface area contributed by atoms with Crippen molar-refractivity contribution in [1.82, 2.24) is 9.55 Å². The maximum Gasteiger partial charge on any atom is 0.182 e. The lowest BCUT2D eigenvalue weighted by atomic mass is 10.1. The Labute approximate surface area is 129 Å². The standard InChI is InChI=1S/C15H12BrFN2S/c1-8-5-10(16)6-9(2)14(8)19-13-7-11(17)3-4-12(13)18-15(19)20/h3-7H,1-2H3,(H,18,20). The van der Waals surface area contributed by atoms with Gasteiger partial charge in [-0.05, 0) is 61.5 Å². The van der Waals surface area contributed by atoms with Gasteiger partial charge in [0.1, 0.15) is 5.82 Å². The van der Waals surface area contributed by atoms with E-state index in [0.29, 0.717) is 4.77 Å². The Bertz CT molecular complexity index is 856. The lowest BCUT2D eigenvalue weighted by molar-refractivity contribution is 0.629. The molecule has 0 fully saturated rings. The molecule has 1 heterocycles. The number of rotatable bonds is 1. The van der Waals surface area contributed by atoms with E-state index in [9.17, 15) is 4.39 Å². The van der Waals surface area contributed by atoms with Gasteiger partial charge < -0.3 is 4.98 Å². The molecule has 20 heavy (non-hydrogen) atoms. The van der Waals surface area contributed by atoms with Gasteiger partial charge in [0.15, 0.2) is 4.77 Å². The summed E-state index contributed by atoms with van der Waals surface area (Å²) >= 11 is 8.89. The Balaban J connectivity index is 2.44. The van der Waals surface area contributed by atoms with E-state index in [0.717, 1.165) is 32.3 Å². The van der Waals surface area contributed by atoms with Gasteiger partial charge >= 0.3 is 0 Å². The molecule has 5 heteroatoms. The van der Waals surface area contributed by atoms with Gasteiger partial charge in [-0.1, -0.05) is 15.9 Å². The van der Waals surface area contributed by atoms with Crippen LogP contribution in [0, 0.1) is 24.4 Å². The van der Waals surface area contributed by atoms with Gasteiger partial charge in [0, 0.05) is 10.5 Å². The molecular formula is C15H12BrFN2S. The van der Waals surface area contributed by atoms with Gasteiger partial charge in [-0.2, -0.15) is 0 Å². The normalized spacial score (nSPS) is 11.2. The summed E-state index contributed by atoms with van der Waals surface area (Å²) in [6, 6.07) is 8.70. The fourth-order valence-corrected chi connectivity index (χ4v) is 3.54. The second-order valence-electron chi connectivity index (χ2n) is 4.82. The van der Waals surface area contributed by atoms with Crippen molar-refractivity contribution in [1.29, 1.82) is 0 Å². The zero-order valence-corrected chi connectivity index (χ0v) is 13.4. The first kappa shape index (κ1) is 13.5. The van der Waals surface area contributed by atoms with Gasteiger partial charge in [-0.3, -0.25) is 4.57 Å². The number of imidazole rings is 1. The fraction of sp³-hybridized carbons (Fsp3) is 0.133. The Hall–Kier alpha value is -1.46. The van der Waals surface area contributed by atoms with Crippen LogP contribution in [0.5, 0.6) is 0 Å². The third kappa shape index (κ3) is 2.11. The van der Waals surface area contributed by atoms with E-state index in [1.54, 1.807) is 6.07 Å². The smallest absolute Gasteiger partial charge is 0.182 e. The van der Waals surface area contributed by atoms with Crippen molar-refractivity contribution in [3.05, 3.63) is 56.5 Å². The molecule has 0 saturated carbocycles. The molecule has 0 bridgehead atoms. The molecule has 0 saturated heterocycles.